The fraction of sp³-hybridized carbons (Fsp3) is 0.0714. The van der Waals surface area contributed by atoms with Gasteiger partial charge in [-0.2, -0.15) is 0 Å². The molecule has 3 N–H and O–H groups in total. The molecule has 0 fully saturated rings. The lowest BCUT2D eigenvalue weighted by Crippen LogP contribution is -2.13. The largest absolute Gasteiger partial charge is 0.497 e. The van der Waals surface area contributed by atoms with E-state index in [1.54, 1.807) is 18.2 Å². The van der Waals surface area contributed by atoms with Gasteiger partial charge in [-0.05, 0) is 56.1 Å². The molecule has 0 heterocycles. The quantitative estimate of drug-likeness (QED) is 0.622. The van der Waals surface area contributed by atoms with E-state index in [9.17, 15) is 4.79 Å². The number of ether oxygens (including phenoxy) is 1. The average Bonchev–Trinajstić information content (AvgIpc) is 2.41. The van der Waals surface area contributed by atoms with Crippen molar-refractivity contribution in [2.24, 2.45) is 0 Å². The smallest absolute Gasteiger partial charge is 0.255 e. The van der Waals surface area contributed by atoms with Crippen LogP contribution in [0.4, 0.5) is 11.4 Å². The highest BCUT2D eigenvalue weighted by Gasteiger charge is 2.13. The summed E-state index contributed by atoms with van der Waals surface area (Å²) in [6.07, 6.45) is 0. The maximum absolute atomic E-state index is 12.3. The highest BCUT2D eigenvalue weighted by molar-refractivity contribution is 9.11. The number of rotatable bonds is 3. The van der Waals surface area contributed by atoms with Gasteiger partial charge in [0, 0.05) is 30.7 Å². The van der Waals surface area contributed by atoms with Crippen LogP contribution in [0.25, 0.3) is 0 Å². The molecule has 110 valence electrons. The Morgan fingerprint density at radius 1 is 1.10 bits per heavy atom. The van der Waals surface area contributed by atoms with Gasteiger partial charge < -0.3 is 15.8 Å². The van der Waals surface area contributed by atoms with Gasteiger partial charge in [-0.15, -0.1) is 0 Å². The van der Waals surface area contributed by atoms with Gasteiger partial charge in [0.05, 0.1) is 12.8 Å². The first kappa shape index (κ1) is 16.3. The molecule has 0 saturated heterocycles. The standard InChI is InChI=1S/C14H11Br3N2O2/c1-21-10-3-7(2-9(18)6-10)14(20)19-13-11(16)4-8(15)5-12(13)17/h2-6H,18H2,1H3,(H,19,20). The van der Waals surface area contributed by atoms with Crippen molar-refractivity contribution in [2.45, 2.75) is 0 Å². The van der Waals surface area contributed by atoms with Crippen LogP contribution in [0.3, 0.4) is 0 Å². The van der Waals surface area contributed by atoms with E-state index in [0.29, 0.717) is 22.7 Å². The molecule has 0 atom stereocenters. The number of amides is 1. The van der Waals surface area contributed by atoms with Crippen molar-refractivity contribution in [3.8, 4) is 5.75 Å². The van der Waals surface area contributed by atoms with Crippen molar-refractivity contribution in [1.29, 1.82) is 0 Å². The van der Waals surface area contributed by atoms with Crippen molar-refractivity contribution >= 4 is 65.1 Å². The molecule has 0 aliphatic rings. The van der Waals surface area contributed by atoms with E-state index >= 15 is 0 Å². The Kier molecular flexibility index (Phi) is 5.29. The monoisotopic (exact) mass is 476 g/mol. The summed E-state index contributed by atoms with van der Waals surface area (Å²) in [5.74, 6) is 0.262. The number of hydrogen-bond acceptors (Lipinski definition) is 3. The van der Waals surface area contributed by atoms with E-state index in [4.69, 9.17) is 10.5 Å². The summed E-state index contributed by atoms with van der Waals surface area (Å²) < 4.78 is 7.52. The number of benzene rings is 2. The molecule has 0 aromatic heterocycles. The Morgan fingerprint density at radius 2 is 1.71 bits per heavy atom. The number of carbonyl (C=O) groups is 1. The predicted molar refractivity (Wildman–Crippen MR) is 94.9 cm³/mol. The van der Waals surface area contributed by atoms with Gasteiger partial charge in [0.25, 0.3) is 5.91 Å². The third kappa shape index (κ3) is 3.99. The molecule has 1 amide bonds. The van der Waals surface area contributed by atoms with E-state index in [1.807, 2.05) is 12.1 Å². The first-order chi connectivity index (χ1) is 9.90. The van der Waals surface area contributed by atoms with E-state index in [2.05, 4.69) is 53.1 Å². The Bertz CT molecular complexity index is 682. The average molecular weight is 479 g/mol. The lowest BCUT2D eigenvalue weighted by Gasteiger charge is -2.11. The number of nitrogens with one attached hydrogen (secondary N) is 1. The van der Waals surface area contributed by atoms with Gasteiger partial charge in [-0.3, -0.25) is 4.79 Å². The van der Waals surface area contributed by atoms with Crippen LogP contribution >= 0.6 is 47.8 Å². The Labute approximate surface area is 147 Å². The number of nitrogen functional groups attached to an aromatic ring is 1. The van der Waals surface area contributed by atoms with Gasteiger partial charge in [-0.25, -0.2) is 0 Å². The maximum atomic E-state index is 12.3. The van der Waals surface area contributed by atoms with Crippen molar-refractivity contribution in [2.75, 3.05) is 18.2 Å². The zero-order valence-electron chi connectivity index (χ0n) is 10.9. The van der Waals surface area contributed by atoms with Crippen molar-refractivity contribution < 1.29 is 9.53 Å². The van der Waals surface area contributed by atoms with E-state index < -0.39 is 0 Å². The number of anilines is 2. The lowest BCUT2D eigenvalue weighted by atomic mass is 10.1. The molecule has 0 radical (unpaired) electrons. The number of nitrogens with two attached hydrogens (primary N) is 1. The second kappa shape index (κ2) is 6.81. The lowest BCUT2D eigenvalue weighted by molar-refractivity contribution is 0.102. The van der Waals surface area contributed by atoms with Crippen LogP contribution in [0.5, 0.6) is 5.75 Å². The zero-order valence-corrected chi connectivity index (χ0v) is 15.7. The van der Waals surface area contributed by atoms with Crippen LogP contribution < -0.4 is 15.8 Å². The summed E-state index contributed by atoms with van der Waals surface area (Å²) in [6.45, 7) is 0. The minimum atomic E-state index is -0.274. The van der Waals surface area contributed by atoms with E-state index in [1.165, 1.54) is 7.11 Å². The predicted octanol–water partition coefficient (Wildman–Crippen LogP) is 4.82. The highest BCUT2D eigenvalue weighted by atomic mass is 79.9. The Balaban J connectivity index is 2.32. The number of carbonyl (C=O) groups excluding carboxylic acids is 1. The fourth-order valence-electron chi connectivity index (χ4n) is 1.72. The first-order valence-electron chi connectivity index (χ1n) is 5.81. The molecule has 0 spiro atoms. The van der Waals surface area contributed by atoms with Crippen LogP contribution in [0.15, 0.2) is 43.7 Å². The van der Waals surface area contributed by atoms with Crippen molar-refractivity contribution in [1.82, 2.24) is 0 Å². The second-order valence-electron chi connectivity index (χ2n) is 4.19. The summed E-state index contributed by atoms with van der Waals surface area (Å²) >= 11 is 10.2. The topological polar surface area (TPSA) is 64.3 Å². The third-order valence-electron chi connectivity index (χ3n) is 2.67. The molecule has 0 bridgehead atoms. The van der Waals surface area contributed by atoms with Crippen molar-refractivity contribution in [3.63, 3.8) is 0 Å². The second-order valence-corrected chi connectivity index (χ2v) is 6.82. The highest BCUT2D eigenvalue weighted by Crippen LogP contribution is 2.34. The molecule has 7 heteroatoms. The zero-order chi connectivity index (χ0) is 15.6. The SMILES string of the molecule is COc1cc(N)cc(C(=O)Nc2c(Br)cc(Br)cc2Br)c1. The fourth-order valence-corrected chi connectivity index (χ4v) is 4.18. The van der Waals surface area contributed by atoms with Gasteiger partial charge in [0.2, 0.25) is 0 Å². The molecular formula is C14H11Br3N2O2. The molecule has 0 saturated carbocycles. The van der Waals surface area contributed by atoms with Crippen LogP contribution in [0.1, 0.15) is 10.4 Å². The molecule has 0 unspecified atom stereocenters. The molecule has 2 aromatic rings. The summed E-state index contributed by atoms with van der Waals surface area (Å²) in [4.78, 5) is 12.3. The minimum absolute atomic E-state index is 0.274. The molecule has 2 aromatic carbocycles. The Morgan fingerprint density at radius 3 is 2.29 bits per heavy atom. The molecule has 2 rings (SSSR count). The molecule has 0 aliphatic carbocycles. The van der Waals surface area contributed by atoms with Crippen molar-refractivity contribution in [3.05, 3.63) is 49.3 Å². The Hall–Kier alpha value is -1.05. The summed E-state index contributed by atoms with van der Waals surface area (Å²) in [5.41, 5.74) is 7.29. The van der Waals surface area contributed by atoms with Crippen LogP contribution in [0, 0.1) is 0 Å². The molecule has 0 aliphatic heterocycles. The summed E-state index contributed by atoms with van der Waals surface area (Å²) in [7, 11) is 1.53. The minimum Gasteiger partial charge on any atom is -0.497 e. The normalized spacial score (nSPS) is 10.3. The van der Waals surface area contributed by atoms with Crippen LogP contribution in [-0.2, 0) is 0 Å². The summed E-state index contributed by atoms with van der Waals surface area (Å²) in [5, 5.41) is 2.84. The van der Waals surface area contributed by atoms with Gasteiger partial charge in [-0.1, -0.05) is 15.9 Å². The van der Waals surface area contributed by atoms with Gasteiger partial charge in [0.15, 0.2) is 0 Å². The summed E-state index contributed by atoms with van der Waals surface area (Å²) in [6, 6.07) is 8.58. The molecule has 21 heavy (non-hydrogen) atoms. The van der Waals surface area contributed by atoms with Crippen LogP contribution in [0.2, 0.25) is 0 Å². The van der Waals surface area contributed by atoms with Gasteiger partial charge >= 0.3 is 0 Å². The number of methoxy groups -OCH3 is 1. The van der Waals surface area contributed by atoms with Gasteiger partial charge in [0.1, 0.15) is 5.75 Å². The number of halogens is 3. The first-order valence-corrected chi connectivity index (χ1v) is 8.19. The maximum Gasteiger partial charge on any atom is 0.255 e. The van der Waals surface area contributed by atoms with Crippen LogP contribution in [-0.4, -0.2) is 13.0 Å². The van der Waals surface area contributed by atoms with E-state index in [-0.39, 0.29) is 5.91 Å². The number of hydrogen-bond donors (Lipinski definition) is 2. The van der Waals surface area contributed by atoms with E-state index in [0.717, 1.165) is 13.4 Å². The molecule has 4 nitrogen and oxygen atoms in total. The third-order valence-corrected chi connectivity index (χ3v) is 4.38. The molecular weight excluding hydrogens is 468 g/mol.